The van der Waals surface area contributed by atoms with Crippen LogP contribution in [0, 0.1) is 11.8 Å². The van der Waals surface area contributed by atoms with Gasteiger partial charge in [0, 0.05) is 30.7 Å². The summed E-state index contributed by atoms with van der Waals surface area (Å²) in [6.07, 6.45) is 3.64. The van der Waals surface area contributed by atoms with Gasteiger partial charge in [0.15, 0.2) is 0 Å². The quantitative estimate of drug-likeness (QED) is 0.892. The number of nitrogens with zero attached hydrogens (tertiary/aromatic N) is 1. The van der Waals surface area contributed by atoms with Crippen LogP contribution in [-0.2, 0) is 11.3 Å². The third kappa shape index (κ3) is 3.80. The molecule has 0 bridgehead atoms. The molecule has 3 atom stereocenters. The maximum absolute atomic E-state index is 12.1. The summed E-state index contributed by atoms with van der Waals surface area (Å²) < 4.78 is 0. The van der Waals surface area contributed by atoms with E-state index in [-0.39, 0.29) is 5.91 Å². The second-order valence-electron chi connectivity index (χ2n) is 6.62. The molecule has 120 valence electrons. The molecule has 2 aliphatic rings. The largest absolute Gasteiger partial charge is 0.351 e. The summed E-state index contributed by atoms with van der Waals surface area (Å²) in [6, 6.07) is 7.88. The molecular formula is C17H24ClN3O. The molecule has 3 rings (SSSR count). The van der Waals surface area contributed by atoms with Crippen LogP contribution in [0.1, 0.15) is 24.8 Å². The number of fused-ring (bicyclic) bond motifs is 1. The molecule has 5 heteroatoms. The first kappa shape index (κ1) is 15.8. The number of nitrogens with one attached hydrogen (secondary N) is 1. The van der Waals surface area contributed by atoms with Crippen molar-refractivity contribution in [1.29, 1.82) is 0 Å². The van der Waals surface area contributed by atoms with Gasteiger partial charge in [-0.25, -0.2) is 0 Å². The van der Waals surface area contributed by atoms with E-state index in [1.807, 2.05) is 24.3 Å². The third-order valence-corrected chi connectivity index (χ3v) is 5.25. The number of carbonyl (C=O) groups is 1. The molecule has 1 saturated carbocycles. The highest BCUT2D eigenvalue weighted by Crippen LogP contribution is 2.35. The van der Waals surface area contributed by atoms with Gasteiger partial charge in [-0.15, -0.1) is 0 Å². The predicted octanol–water partition coefficient (Wildman–Crippen LogP) is 2.02. The first-order valence-electron chi connectivity index (χ1n) is 8.11. The molecule has 0 radical (unpaired) electrons. The summed E-state index contributed by atoms with van der Waals surface area (Å²) in [5.41, 5.74) is 7.29. The Kier molecular flexibility index (Phi) is 5.01. The monoisotopic (exact) mass is 321 g/mol. The molecule has 3 unspecified atom stereocenters. The van der Waals surface area contributed by atoms with Gasteiger partial charge >= 0.3 is 0 Å². The molecule has 1 saturated heterocycles. The van der Waals surface area contributed by atoms with Crippen molar-refractivity contribution in [3.63, 3.8) is 0 Å². The minimum Gasteiger partial charge on any atom is -0.351 e. The van der Waals surface area contributed by atoms with Gasteiger partial charge in [0.05, 0.1) is 6.54 Å². The molecule has 4 nitrogen and oxygen atoms in total. The number of rotatable bonds is 4. The number of amides is 1. The van der Waals surface area contributed by atoms with E-state index < -0.39 is 0 Å². The van der Waals surface area contributed by atoms with Crippen LogP contribution < -0.4 is 11.1 Å². The molecule has 0 aromatic heterocycles. The molecule has 1 amide bonds. The zero-order chi connectivity index (χ0) is 15.5. The number of halogens is 1. The van der Waals surface area contributed by atoms with Gasteiger partial charge in [-0.1, -0.05) is 30.2 Å². The van der Waals surface area contributed by atoms with Gasteiger partial charge in [0.1, 0.15) is 0 Å². The highest BCUT2D eigenvalue weighted by Gasteiger charge is 2.38. The Balaban J connectivity index is 1.45. The van der Waals surface area contributed by atoms with E-state index in [2.05, 4.69) is 10.2 Å². The molecule has 1 aromatic carbocycles. The lowest BCUT2D eigenvalue weighted by Crippen LogP contribution is -2.39. The van der Waals surface area contributed by atoms with Crippen LogP contribution in [0.4, 0.5) is 0 Å². The van der Waals surface area contributed by atoms with Crippen LogP contribution in [0.2, 0.25) is 5.02 Å². The van der Waals surface area contributed by atoms with E-state index in [9.17, 15) is 4.79 Å². The minimum atomic E-state index is 0.0853. The predicted molar refractivity (Wildman–Crippen MR) is 88.5 cm³/mol. The fourth-order valence-electron chi connectivity index (χ4n) is 3.80. The van der Waals surface area contributed by atoms with E-state index in [0.717, 1.165) is 25.1 Å². The Morgan fingerprint density at radius 3 is 2.77 bits per heavy atom. The first-order chi connectivity index (χ1) is 10.6. The zero-order valence-electron chi connectivity index (χ0n) is 12.8. The maximum atomic E-state index is 12.1. The molecule has 2 fully saturated rings. The summed E-state index contributed by atoms with van der Waals surface area (Å²) in [5.74, 6) is 1.35. The lowest BCUT2D eigenvalue weighted by molar-refractivity contribution is -0.122. The Bertz CT molecular complexity index is 519. The summed E-state index contributed by atoms with van der Waals surface area (Å²) in [5, 5.41) is 3.70. The third-order valence-electron chi connectivity index (χ3n) is 5.00. The highest BCUT2D eigenvalue weighted by molar-refractivity contribution is 6.30. The van der Waals surface area contributed by atoms with E-state index in [0.29, 0.717) is 36.0 Å². The van der Waals surface area contributed by atoms with Gasteiger partial charge in [-0.2, -0.15) is 0 Å². The first-order valence-corrected chi connectivity index (χ1v) is 8.48. The molecule has 22 heavy (non-hydrogen) atoms. The Morgan fingerprint density at radius 1 is 1.27 bits per heavy atom. The van der Waals surface area contributed by atoms with Crippen LogP contribution in [0.15, 0.2) is 24.3 Å². The molecular weight excluding hydrogens is 298 g/mol. The van der Waals surface area contributed by atoms with Crippen LogP contribution in [0.25, 0.3) is 0 Å². The van der Waals surface area contributed by atoms with Gasteiger partial charge in [0.25, 0.3) is 0 Å². The number of carbonyl (C=O) groups excluding carboxylic acids is 1. The van der Waals surface area contributed by atoms with Crippen LogP contribution >= 0.6 is 11.6 Å². The van der Waals surface area contributed by atoms with Crippen molar-refractivity contribution in [3.05, 3.63) is 34.9 Å². The maximum Gasteiger partial charge on any atom is 0.234 e. The lowest BCUT2D eigenvalue weighted by atomic mass is 9.78. The molecule has 0 spiro atoms. The summed E-state index contributed by atoms with van der Waals surface area (Å²) in [7, 11) is 0. The highest BCUT2D eigenvalue weighted by atomic mass is 35.5. The summed E-state index contributed by atoms with van der Waals surface area (Å²) >= 11 is 5.86. The molecule has 3 N–H and O–H groups in total. The number of benzene rings is 1. The molecule has 1 heterocycles. The van der Waals surface area contributed by atoms with Crippen LogP contribution in [-0.4, -0.2) is 36.5 Å². The zero-order valence-corrected chi connectivity index (χ0v) is 13.6. The lowest BCUT2D eigenvalue weighted by Gasteiger charge is -2.29. The van der Waals surface area contributed by atoms with E-state index >= 15 is 0 Å². The smallest absolute Gasteiger partial charge is 0.234 e. The summed E-state index contributed by atoms with van der Waals surface area (Å²) in [6.45, 7) is 3.02. The van der Waals surface area contributed by atoms with Crippen molar-refractivity contribution >= 4 is 17.5 Å². The second-order valence-corrected chi connectivity index (χ2v) is 7.05. The van der Waals surface area contributed by atoms with Crippen molar-refractivity contribution in [1.82, 2.24) is 10.2 Å². The van der Waals surface area contributed by atoms with Gasteiger partial charge in [-0.05, 0) is 42.4 Å². The van der Waals surface area contributed by atoms with Gasteiger partial charge < -0.3 is 11.1 Å². The Labute approximate surface area is 137 Å². The van der Waals surface area contributed by atoms with Crippen molar-refractivity contribution < 1.29 is 4.79 Å². The number of hydrogen-bond acceptors (Lipinski definition) is 3. The minimum absolute atomic E-state index is 0.0853. The second kappa shape index (κ2) is 6.99. The van der Waals surface area contributed by atoms with Crippen LogP contribution in [0.5, 0.6) is 0 Å². The normalized spacial score (nSPS) is 28.4. The average Bonchev–Trinajstić information content (AvgIpc) is 2.90. The number of nitrogens with two attached hydrogens (primary N) is 1. The molecule has 1 aliphatic heterocycles. The van der Waals surface area contributed by atoms with Gasteiger partial charge in [-0.3, -0.25) is 9.69 Å². The standard InChI is InChI=1S/C17H24ClN3O/c18-14-6-4-12(5-7-14)8-20-17(22)11-21-9-13-2-1-3-16(19)15(13)10-21/h4-7,13,15-16H,1-3,8-11,19H2,(H,20,22). The van der Waals surface area contributed by atoms with E-state index in [4.69, 9.17) is 17.3 Å². The topological polar surface area (TPSA) is 58.4 Å². The average molecular weight is 322 g/mol. The summed E-state index contributed by atoms with van der Waals surface area (Å²) in [4.78, 5) is 14.4. The van der Waals surface area contributed by atoms with Crippen molar-refractivity contribution in [2.75, 3.05) is 19.6 Å². The SMILES string of the molecule is NC1CCCC2CN(CC(=O)NCc3ccc(Cl)cc3)CC12. The van der Waals surface area contributed by atoms with E-state index in [1.54, 1.807) is 0 Å². The molecule has 1 aromatic rings. The van der Waals surface area contributed by atoms with Crippen molar-refractivity contribution in [2.45, 2.75) is 31.8 Å². The van der Waals surface area contributed by atoms with Gasteiger partial charge in [0.2, 0.25) is 5.91 Å². The van der Waals surface area contributed by atoms with Crippen molar-refractivity contribution in [2.24, 2.45) is 17.6 Å². The number of hydrogen-bond donors (Lipinski definition) is 2. The fourth-order valence-corrected chi connectivity index (χ4v) is 3.93. The molecule has 1 aliphatic carbocycles. The van der Waals surface area contributed by atoms with Crippen LogP contribution in [0.3, 0.4) is 0 Å². The Morgan fingerprint density at radius 2 is 2.05 bits per heavy atom. The Hall–Kier alpha value is -1.10. The fraction of sp³-hybridized carbons (Fsp3) is 0.588. The van der Waals surface area contributed by atoms with E-state index in [1.165, 1.54) is 12.8 Å². The number of likely N-dealkylation sites (tertiary alicyclic amines) is 1. The van der Waals surface area contributed by atoms with Crippen molar-refractivity contribution in [3.8, 4) is 0 Å².